The van der Waals surface area contributed by atoms with Crippen molar-refractivity contribution in [2.45, 2.75) is 19.4 Å². The van der Waals surface area contributed by atoms with Crippen LogP contribution < -0.4 is 5.32 Å². The van der Waals surface area contributed by atoms with Gasteiger partial charge in [0.15, 0.2) is 0 Å². The summed E-state index contributed by atoms with van der Waals surface area (Å²) in [5.41, 5.74) is 0. The summed E-state index contributed by atoms with van der Waals surface area (Å²) in [5, 5.41) is 11.0. The van der Waals surface area contributed by atoms with Crippen molar-refractivity contribution in [3.63, 3.8) is 0 Å². The Morgan fingerprint density at radius 3 is 2.46 bits per heavy atom. The van der Waals surface area contributed by atoms with Crippen LogP contribution in [-0.4, -0.2) is 44.1 Å². The van der Waals surface area contributed by atoms with Crippen molar-refractivity contribution in [3.05, 3.63) is 0 Å². The third kappa shape index (κ3) is 7.73. The van der Waals surface area contributed by atoms with Gasteiger partial charge in [0.25, 0.3) is 0 Å². The van der Waals surface area contributed by atoms with Crippen molar-refractivity contribution in [2.75, 3.05) is 18.6 Å². The van der Waals surface area contributed by atoms with Crippen molar-refractivity contribution in [2.24, 2.45) is 0 Å². The van der Waals surface area contributed by atoms with Crippen LogP contribution in [0.3, 0.4) is 0 Å². The maximum atomic E-state index is 11.0. The number of carbonyl (C=O) groups is 1. The molecule has 2 N–H and O–H groups in total. The van der Waals surface area contributed by atoms with E-state index in [9.17, 15) is 13.2 Å². The van der Waals surface area contributed by atoms with Gasteiger partial charge < -0.3 is 10.4 Å². The molecule has 0 aromatic carbocycles. The Bertz CT molecular complexity index is 260. The summed E-state index contributed by atoms with van der Waals surface area (Å²) in [5.74, 6) is -0.510. The molecule has 0 bridgehead atoms. The molecule has 0 spiro atoms. The molecule has 0 aliphatic heterocycles. The molecule has 0 saturated heterocycles. The van der Waals surface area contributed by atoms with E-state index in [1.807, 2.05) is 0 Å². The van der Waals surface area contributed by atoms with Crippen LogP contribution in [0.15, 0.2) is 0 Å². The first-order valence-electron chi connectivity index (χ1n) is 3.93. The molecule has 5 nitrogen and oxygen atoms in total. The highest BCUT2D eigenvalue weighted by atomic mass is 32.2. The lowest BCUT2D eigenvalue weighted by atomic mass is 10.3. The van der Waals surface area contributed by atoms with E-state index in [4.69, 9.17) is 5.11 Å². The maximum absolute atomic E-state index is 11.0. The van der Waals surface area contributed by atoms with E-state index in [0.717, 1.165) is 6.26 Å². The van der Waals surface area contributed by atoms with Crippen molar-refractivity contribution in [1.82, 2.24) is 5.32 Å². The highest BCUT2D eigenvalue weighted by Crippen LogP contribution is 1.90. The lowest BCUT2D eigenvalue weighted by molar-refractivity contribution is -0.121. The molecule has 0 unspecified atom stereocenters. The minimum atomic E-state index is -3.09. The lowest BCUT2D eigenvalue weighted by Crippen LogP contribution is -2.35. The zero-order valence-electron chi connectivity index (χ0n) is 7.78. The summed E-state index contributed by atoms with van der Waals surface area (Å²) in [6, 6.07) is -0.327. The third-order valence-electron chi connectivity index (χ3n) is 1.38. The van der Waals surface area contributed by atoms with Gasteiger partial charge in [0.05, 0.1) is 12.4 Å². The Morgan fingerprint density at radius 1 is 1.54 bits per heavy atom. The van der Waals surface area contributed by atoms with E-state index in [2.05, 4.69) is 5.32 Å². The van der Waals surface area contributed by atoms with Crippen LogP contribution >= 0.6 is 0 Å². The van der Waals surface area contributed by atoms with Crippen molar-refractivity contribution in [1.29, 1.82) is 0 Å². The Hall–Kier alpha value is -0.620. The van der Waals surface area contributed by atoms with Gasteiger partial charge in [0, 0.05) is 18.7 Å². The number of hydrogen-bond donors (Lipinski definition) is 2. The summed E-state index contributed by atoms with van der Waals surface area (Å²) in [6.07, 6.45) is 1.03. The SMILES string of the molecule is C[C@@H](CO)NC(=O)CCS(C)(=O)=O. The van der Waals surface area contributed by atoms with Crippen LogP contribution in [-0.2, 0) is 14.6 Å². The second-order valence-electron chi connectivity index (χ2n) is 3.03. The number of amides is 1. The summed E-state index contributed by atoms with van der Waals surface area (Å²) in [6.45, 7) is 1.49. The minimum Gasteiger partial charge on any atom is -0.394 e. The number of sulfone groups is 1. The van der Waals surface area contributed by atoms with Crippen molar-refractivity contribution in [3.8, 4) is 0 Å². The van der Waals surface area contributed by atoms with Crippen molar-refractivity contribution < 1.29 is 18.3 Å². The Labute approximate surface area is 78.1 Å². The van der Waals surface area contributed by atoms with Gasteiger partial charge in [0.2, 0.25) is 5.91 Å². The summed E-state index contributed by atoms with van der Waals surface area (Å²) in [7, 11) is -3.09. The molecule has 0 heterocycles. The molecule has 0 aliphatic rings. The van der Waals surface area contributed by atoms with Gasteiger partial charge in [-0.15, -0.1) is 0 Å². The molecule has 0 aromatic rings. The fourth-order valence-corrected chi connectivity index (χ4v) is 1.23. The number of rotatable bonds is 5. The molecule has 0 aromatic heterocycles. The molecule has 0 saturated carbocycles. The fraction of sp³-hybridized carbons (Fsp3) is 0.857. The van der Waals surface area contributed by atoms with E-state index in [0.29, 0.717) is 0 Å². The van der Waals surface area contributed by atoms with Gasteiger partial charge >= 0.3 is 0 Å². The van der Waals surface area contributed by atoms with Gasteiger partial charge in [-0.2, -0.15) is 0 Å². The lowest BCUT2D eigenvalue weighted by Gasteiger charge is -2.09. The number of carbonyl (C=O) groups excluding carboxylic acids is 1. The number of hydrogen-bond acceptors (Lipinski definition) is 4. The Kier molecular flexibility index (Phi) is 4.94. The Balaban J connectivity index is 3.77. The number of nitrogens with one attached hydrogen (secondary N) is 1. The first kappa shape index (κ1) is 12.4. The monoisotopic (exact) mass is 209 g/mol. The van der Waals surface area contributed by atoms with E-state index < -0.39 is 9.84 Å². The molecule has 0 fully saturated rings. The van der Waals surface area contributed by atoms with E-state index >= 15 is 0 Å². The quantitative estimate of drug-likeness (QED) is 0.603. The predicted octanol–water partition coefficient (Wildman–Crippen LogP) is -1.08. The van der Waals surface area contributed by atoms with Crippen LogP contribution in [0.1, 0.15) is 13.3 Å². The predicted molar refractivity (Wildman–Crippen MR) is 49.0 cm³/mol. The van der Waals surface area contributed by atoms with Crippen LogP contribution in [0.4, 0.5) is 0 Å². The van der Waals surface area contributed by atoms with Crippen LogP contribution in [0, 0.1) is 0 Å². The van der Waals surface area contributed by atoms with E-state index in [1.165, 1.54) is 0 Å². The molecule has 0 aliphatic carbocycles. The van der Waals surface area contributed by atoms with Crippen LogP contribution in [0.5, 0.6) is 0 Å². The average molecular weight is 209 g/mol. The number of aliphatic hydroxyl groups excluding tert-OH is 1. The molecule has 1 amide bonds. The first-order chi connectivity index (χ1) is 5.85. The molecule has 13 heavy (non-hydrogen) atoms. The normalized spacial score (nSPS) is 13.8. The molecule has 1 atom stereocenters. The number of aliphatic hydroxyl groups is 1. The van der Waals surface area contributed by atoms with Crippen molar-refractivity contribution >= 4 is 15.7 Å². The maximum Gasteiger partial charge on any atom is 0.221 e. The highest BCUT2D eigenvalue weighted by Gasteiger charge is 2.09. The fourth-order valence-electron chi connectivity index (χ4n) is 0.671. The zero-order valence-corrected chi connectivity index (χ0v) is 8.60. The molecule has 78 valence electrons. The second-order valence-corrected chi connectivity index (χ2v) is 5.29. The third-order valence-corrected chi connectivity index (χ3v) is 2.33. The van der Waals surface area contributed by atoms with Gasteiger partial charge in [-0.25, -0.2) is 8.42 Å². The van der Waals surface area contributed by atoms with Gasteiger partial charge in [0.1, 0.15) is 9.84 Å². The Morgan fingerprint density at radius 2 is 2.08 bits per heavy atom. The van der Waals surface area contributed by atoms with Crippen LogP contribution in [0.2, 0.25) is 0 Å². The highest BCUT2D eigenvalue weighted by molar-refractivity contribution is 7.90. The largest absolute Gasteiger partial charge is 0.394 e. The second kappa shape index (κ2) is 5.18. The minimum absolute atomic E-state index is 0.0524. The molecule has 6 heteroatoms. The molecular formula is C7H15NO4S. The van der Waals surface area contributed by atoms with Gasteiger partial charge in [-0.3, -0.25) is 4.79 Å². The summed E-state index contributed by atoms with van der Waals surface area (Å²) in [4.78, 5) is 11.0. The molecular weight excluding hydrogens is 194 g/mol. The van der Waals surface area contributed by atoms with Gasteiger partial charge in [-0.1, -0.05) is 0 Å². The van der Waals surface area contributed by atoms with E-state index in [-0.39, 0.29) is 30.7 Å². The average Bonchev–Trinajstić information content (AvgIpc) is 1.99. The smallest absolute Gasteiger partial charge is 0.221 e. The van der Waals surface area contributed by atoms with E-state index in [1.54, 1.807) is 6.92 Å². The topological polar surface area (TPSA) is 83.5 Å². The standard InChI is InChI=1S/C7H15NO4S/c1-6(5-9)8-7(10)3-4-13(2,11)12/h6,9H,3-5H2,1-2H3,(H,8,10)/t6-/m0/s1. The summed E-state index contributed by atoms with van der Waals surface area (Å²) < 4.78 is 21.3. The zero-order chi connectivity index (χ0) is 10.5. The summed E-state index contributed by atoms with van der Waals surface area (Å²) >= 11 is 0. The molecule has 0 rings (SSSR count). The van der Waals surface area contributed by atoms with Gasteiger partial charge in [-0.05, 0) is 6.92 Å². The first-order valence-corrected chi connectivity index (χ1v) is 5.99. The van der Waals surface area contributed by atoms with Crippen LogP contribution in [0.25, 0.3) is 0 Å². The molecule has 0 radical (unpaired) electrons.